The van der Waals surface area contributed by atoms with Gasteiger partial charge in [-0.1, -0.05) is 234 Å². The fourth-order valence-electron chi connectivity index (χ4n) is 10.6. The highest BCUT2D eigenvalue weighted by Gasteiger charge is 2.18. The molecule has 12 aromatic rings. The van der Waals surface area contributed by atoms with Gasteiger partial charge in [0.25, 0.3) is 0 Å². The zero-order chi connectivity index (χ0) is 51.3. The number of hydrogen-bond donors (Lipinski definition) is 0. The van der Waals surface area contributed by atoms with Crippen molar-refractivity contribution < 1.29 is 0 Å². The number of hydrogen-bond acceptors (Lipinski definition) is 1. The molecule has 0 aliphatic carbocycles. The van der Waals surface area contributed by atoms with Gasteiger partial charge in [-0.3, -0.25) is 0 Å². The molecule has 12 rings (SSSR count). The minimum Gasteiger partial charge on any atom is -0.311 e. The Hall–Kier alpha value is -8.56. The predicted octanol–water partition coefficient (Wildman–Crippen LogP) is 20.5. The maximum Gasteiger partial charge on any atom is 0.0775 e. The van der Waals surface area contributed by atoms with Crippen molar-refractivity contribution >= 4 is 62.6 Å². The minimum absolute atomic E-state index is 0.0886. The van der Waals surface area contributed by atoms with Crippen LogP contribution in [0.25, 0.3) is 99.1 Å². The molecule has 0 amide bonds. The first kappa shape index (κ1) is 47.4. The molecule has 0 fully saturated rings. The summed E-state index contributed by atoms with van der Waals surface area (Å²) in [5.41, 5.74) is 19.3. The van der Waals surface area contributed by atoms with Crippen molar-refractivity contribution in [2.24, 2.45) is 0 Å². The number of nitrogens with zero attached hydrogens (tertiary/aromatic N) is 1. The van der Waals surface area contributed by atoms with Crippen molar-refractivity contribution in [3.63, 3.8) is 0 Å². The summed E-state index contributed by atoms with van der Waals surface area (Å²) in [7, 11) is -1.37. The molecule has 1 nitrogen and oxygen atoms in total. The second-order valence-corrected chi connectivity index (χ2v) is 27.4. The first-order valence-corrected chi connectivity index (χ1v) is 29.9. The fraction of sp³-hybridized carbons (Fsp3) is 0.0959. The van der Waals surface area contributed by atoms with Crippen LogP contribution in [0.5, 0.6) is 0 Å². The third kappa shape index (κ3) is 9.86. The molecule has 75 heavy (non-hydrogen) atoms. The van der Waals surface area contributed by atoms with E-state index in [2.05, 4.69) is 306 Å². The topological polar surface area (TPSA) is 3.24 Å². The maximum absolute atomic E-state index is 2.40. The van der Waals surface area contributed by atoms with E-state index in [4.69, 9.17) is 0 Å². The molecule has 0 N–H and O–H groups in total. The Morgan fingerprint density at radius 2 is 0.533 bits per heavy atom. The summed E-state index contributed by atoms with van der Waals surface area (Å²) in [6.07, 6.45) is 0. The van der Waals surface area contributed by atoms with E-state index in [9.17, 15) is 0 Å². The van der Waals surface area contributed by atoms with E-state index in [-0.39, 0.29) is 5.41 Å². The highest BCUT2D eigenvalue weighted by atomic mass is 28.3. The Balaban J connectivity index is 0.875. The van der Waals surface area contributed by atoms with E-state index in [1.165, 1.54) is 110 Å². The highest BCUT2D eigenvalue weighted by molar-refractivity contribution is 6.88. The summed E-state index contributed by atoms with van der Waals surface area (Å²) in [6.45, 7) is 14.0. The average molecular weight is 980 g/mol. The smallest absolute Gasteiger partial charge is 0.0775 e. The quantitative estimate of drug-likeness (QED) is 0.123. The molecule has 0 aromatic heterocycles. The van der Waals surface area contributed by atoms with Gasteiger partial charge in [-0.2, -0.15) is 0 Å². The second-order valence-electron chi connectivity index (χ2n) is 22.3. The van der Waals surface area contributed by atoms with Crippen molar-refractivity contribution in [2.75, 3.05) is 4.90 Å². The molecule has 2 heteroatoms. The van der Waals surface area contributed by atoms with Gasteiger partial charge in [-0.05, 0) is 183 Å². The van der Waals surface area contributed by atoms with Crippen LogP contribution in [-0.2, 0) is 5.41 Å². The summed E-state index contributed by atoms with van der Waals surface area (Å²) < 4.78 is 0. The van der Waals surface area contributed by atoms with Gasteiger partial charge in [0.15, 0.2) is 0 Å². The third-order valence-electron chi connectivity index (χ3n) is 15.2. The van der Waals surface area contributed by atoms with Crippen molar-refractivity contribution in [3.8, 4) is 66.8 Å². The minimum atomic E-state index is -1.37. The van der Waals surface area contributed by atoms with Gasteiger partial charge < -0.3 is 4.90 Å². The van der Waals surface area contributed by atoms with E-state index in [1.807, 2.05) is 0 Å². The SMILES string of the molecule is CC(C)(C)c1cccc(-c2ccc3ccc(-c4ccc(N(c5ccc(-c6ccc7ccc(-c8ccccc8)cc7c6)cc5)c5ccc(-c6ccc7ccc(-c8ccc([Si](C)(C)C)cc8)cc7c6)cc5)cc4)cc3c2)c1. The lowest BCUT2D eigenvalue weighted by Gasteiger charge is -2.26. The molecule has 0 saturated carbocycles. The zero-order valence-electron chi connectivity index (χ0n) is 43.8. The Kier molecular flexibility index (Phi) is 12.3. The largest absolute Gasteiger partial charge is 0.311 e. The number of anilines is 3. The van der Waals surface area contributed by atoms with E-state index in [1.54, 1.807) is 0 Å². The molecule has 0 saturated heterocycles. The third-order valence-corrected chi connectivity index (χ3v) is 17.2. The van der Waals surface area contributed by atoms with E-state index in [0.717, 1.165) is 17.1 Å². The average Bonchev–Trinajstić information content (AvgIpc) is 3.45. The molecule has 0 aliphatic rings. The van der Waals surface area contributed by atoms with Gasteiger partial charge in [0.1, 0.15) is 0 Å². The van der Waals surface area contributed by atoms with Gasteiger partial charge in [0, 0.05) is 17.1 Å². The number of benzene rings is 12. The monoisotopic (exact) mass is 979 g/mol. The van der Waals surface area contributed by atoms with Crippen LogP contribution in [0.15, 0.2) is 261 Å². The van der Waals surface area contributed by atoms with Crippen LogP contribution < -0.4 is 10.1 Å². The molecule has 12 aromatic carbocycles. The predicted molar refractivity (Wildman–Crippen MR) is 328 cm³/mol. The molecular formula is C73H61NSi. The van der Waals surface area contributed by atoms with E-state index >= 15 is 0 Å². The van der Waals surface area contributed by atoms with Crippen LogP contribution in [0.4, 0.5) is 17.1 Å². The van der Waals surface area contributed by atoms with Crippen LogP contribution >= 0.6 is 0 Å². The fourth-order valence-corrected chi connectivity index (χ4v) is 11.8. The van der Waals surface area contributed by atoms with Gasteiger partial charge >= 0.3 is 0 Å². The van der Waals surface area contributed by atoms with Crippen molar-refractivity contribution in [1.29, 1.82) is 0 Å². The van der Waals surface area contributed by atoms with E-state index in [0.29, 0.717) is 0 Å². The summed E-state index contributed by atoms with van der Waals surface area (Å²) >= 11 is 0. The molecule has 0 bridgehead atoms. The Morgan fingerprint density at radius 3 is 0.867 bits per heavy atom. The van der Waals surface area contributed by atoms with Gasteiger partial charge in [0.05, 0.1) is 8.07 Å². The number of rotatable bonds is 10. The molecule has 0 spiro atoms. The number of fused-ring (bicyclic) bond motifs is 3. The summed E-state index contributed by atoms with van der Waals surface area (Å²) in [6, 6.07) is 97.0. The lowest BCUT2D eigenvalue weighted by atomic mass is 9.85. The van der Waals surface area contributed by atoms with Crippen LogP contribution in [0, 0.1) is 0 Å². The van der Waals surface area contributed by atoms with Crippen molar-refractivity contribution in [1.82, 2.24) is 0 Å². The lowest BCUT2D eigenvalue weighted by molar-refractivity contribution is 0.590. The normalized spacial score (nSPS) is 11.9. The van der Waals surface area contributed by atoms with E-state index < -0.39 is 8.07 Å². The van der Waals surface area contributed by atoms with Crippen LogP contribution in [0.2, 0.25) is 19.6 Å². The molecule has 0 atom stereocenters. The Morgan fingerprint density at radius 1 is 0.253 bits per heavy atom. The summed E-state index contributed by atoms with van der Waals surface area (Å²) in [5.74, 6) is 0. The molecule has 0 radical (unpaired) electrons. The molecule has 0 aliphatic heterocycles. The van der Waals surface area contributed by atoms with Crippen molar-refractivity contribution in [3.05, 3.63) is 266 Å². The molecule has 362 valence electrons. The van der Waals surface area contributed by atoms with Gasteiger partial charge in [-0.15, -0.1) is 0 Å². The standard InChI is InChI=1S/C73H61NSi/c1-73(2,3)68-14-10-13-58(49-68)64-26-20-57-18-24-62(46-67(57)48-64)53-31-39-71(40-32-53)74(69-35-27-51(28-36-69)60-22-16-55-15-21-59(43-65(55)44-60)50-11-8-7-9-12-50)70-37-29-52(30-38-70)61-23-17-56-19-25-63(47-66(56)45-61)54-33-41-72(42-34-54)75(4,5)6/h7-49H,1-6H3. The molecule has 0 heterocycles. The first-order valence-electron chi connectivity index (χ1n) is 26.4. The first-order chi connectivity index (χ1) is 36.4. The maximum atomic E-state index is 2.40. The lowest BCUT2D eigenvalue weighted by Crippen LogP contribution is -2.37. The van der Waals surface area contributed by atoms with Gasteiger partial charge in [0.2, 0.25) is 0 Å². The molecular weight excluding hydrogens is 919 g/mol. The second kappa shape index (κ2) is 19.4. The van der Waals surface area contributed by atoms with Crippen LogP contribution in [0.1, 0.15) is 26.3 Å². The molecule has 0 unspecified atom stereocenters. The Labute approximate surface area is 444 Å². The summed E-state index contributed by atoms with van der Waals surface area (Å²) in [5, 5.41) is 8.91. The Bertz CT molecular complexity index is 4030. The van der Waals surface area contributed by atoms with Crippen LogP contribution in [0.3, 0.4) is 0 Å². The van der Waals surface area contributed by atoms with Crippen molar-refractivity contribution in [2.45, 2.75) is 45.8 Å². The highest BCUT2D eigenvalue weighted by Crippen LogP contribution is 2.40. The summed E-state index contributed by atoms with van der Waals surface area (Å²) in [4.78, 5) is 2.38. The van der Waals surface area contributed by atoms with Crippen LogP contribution in [-0.4, -0.2) is 8.07 Å². The zero-order valence-corrected chi connectivity index (χ0v) is 44.8. The van der Waals surface area contributed by atoms with Gasteiger partial charge in [-0.25, -0.2) is 0 Å².